The minimum absolute atomic E-state index is 0.136. The quantitative estimate of drug-likeness (QED) is 0.793. The summed E-state index contributed by atoms with van der Waals surface area (Å²) in [7, 11) is -1.59. The van der Waals surface area contributed by atoms with Crippen molar-refractivity contribution in [3.05, 3.63) is 24.3 Å². The van der Waals surface area contributed by atoms with Gasteiger partial charge in [-0.05, 0) is 30.2 Å². The van der Waals surface area contributed by atoms with Crippen molar-refractivity contribution in [2.45, 2.75) is 18.7 Å². The maximum atomic E-state index is 11.8. The number of hydrogen-bond donors (Lipinski definition) is 0. The number of benzene rings is 1. The lowest BCUT2D eigenvalue weighted by Gasteiger charge is -2.07. The summed E-state index contributed by atoms with van der Waals surface area (Å²) in [5.74, 6) is 0.981. The molecule has 0 aromatic heterocycles. The zero-order chi connectivity index (χ0) is 11.5. The molecule has 0 atom stereocenters. The lowest BCUT2D eigenvalue weighted by molar-refractivity contribution is 0.414. The molecule has 1 aromatic rings. The molecule has 0 spiro atoms. The Kier molecular flexibility index (Phi) is 3.74. The lowest BCUT2D eigenvalue weighted by atomic mass is 10.3. The van der Waals surface area contributed by atoms with Gasteiger partial charge in [0.05, 0.1) is 17.8 Å². The summed E-state index contributed by atoms with van der Waals surface area (Å²) < 4.78 is 28.6. The fourth-order valence-electron chi connectivity index (χ4n) is 1.32. The summed E-state index contributed by atoms with van der Waals surface area (Å²) in [4.78, 5) is 0.358. The molecule has 0 fully saturated rings. The van der Waals surface area contributed by atoms with Crippen LogP contribution in [0.1, 0.15) is 13.8 Å². The number of methoxy groups -OCH3 is 1. The van der Waals surface area contributed by atoms with E-state index in [1.165, 1.54) is 0 Å². The van der Waals surface area contributed by atoms with Gasteiger partial charge in [-0.1, -0.05) is 13.8 Å². The molecular weight excluding hydrogens is 212 g/mol. The maximum Gasteiger partial charge on any atom is 0.178 e. The lowest BCUT2D eigenvalue weighted by Crippen LogP contribution is -2.11. The molecule has 0 unspecified atom stereocenters. The summed E-state index contributed by atoms with van der Waals surface area (Å²) in [6, 6.07) is 6.48. The molecule has 4 heteroatoms. The van der Waals surface area contributed by atoms with E-state index in [9.17, 15) is 8.42 Å². The van der Waals surface area contributed by atoms with Gasteiger partial charge in [0.2, 0.25) is 0 Å². The Morgan fingerprint density at radius 1 is 1.20 bits per heavy atom. The van der Waals surface area contributed by atoms with Gasteiger partial charge in [0.15, 0.2) is 9.84 Å². The second-order valence-corrected chi connectivity index (χ2v) is 5.89. The van der Waals surface area contributed by atoms with Crippen LogP contribution < -0.4 is 4.74 Å². The minimum atomic E-state index is -3.14. The van der Waals surface area contributed by atoms with Crippen LogP contribution >= 0.6 is 0 Å². The summed E-state index contributed by atoms with van der Waals surface area (Å²) in [5.41, 5.74) is 0. The first-order valence-electron chi connectivity index (χ1n) is 4.82. The first-order chi connectivity index (χ1) is 6.95. The first kappa shape index (κ1) is 12.0. The van der Waals surface area contributed by atoms with E-state index in [4.69, 9.17) is 4.74 Å². The van der Waals surface area contributed by atoms with Crippen LogP contribution in [-0.4, -0.2) is 21.3 Å². The molecule has 0 heterocycles. The molecule has 0 aliphatic carbocycles. The molecule has 84 valence electrons. The van der Waals surface area contributed by atoms with Crippen molar-refractivity contribution in [2.24, 2.45) is 5.92 Å². The normalized spacial score (nSPS) is 11.7. The first-order valence-corrected chi connectivity index (χ1v) is 6.48. The molecule has 0 saturated carbocycles. The SMILES string of the molecule is COc1ccc(S(=O)(=O)CC(C)C)cc1. The standard InChI is InChI=1S/C11H16O3S/c1-9(2)8-15(12,13)11-6-4-10(14-3)5-7-11/h4-7,9H,8H2,1-3H3. The number of ether oxygens (including phenoxy) is 1. The second kappa shape index (κ2) is 4.66. The van der Waals surface area contributed by atoms with Crippen LogP contribution in [0.5, 0.6) is 5.75 Å². The van der Waals surface area contributed by atoms with Gasteiger partial charge in [0.25, 0.3) is 0 Å². The highest BCUT2D eigenvalue weighted by molar-refractivity contribution is 7.91. The smallest absolute Gasteiger partial charge is 0.178 e. The van der Waals surface area contributed by atoms with Crippen LogP contribution in [0.4, 0.5) is 0 Å². The monoisotopic (exact) mass is 228 g/mol. The van der Waals surface area contributed by atoms with Crippen molar-refractivity contribution in [1.29, 1.82) is 0 Å². The molecule has 0 saturated heterocycles. The van der Waals surface area contributed by atoms with Crippen LogP contribution in [0.2, 0.25) is 0 Å². The third-order valence-electron chi connectivity index (χ3n) is 1.97. The number of sulfone groups is 1. The molecule has 1 aromatic carbocycles. The fourth-order valence-corrected chi connectivity index (χ4v) is 2.94. The third-order valence-corrected chi connectivity index (χ3v) is 4.07. The Labute approximate surface area is 91.0 Å². The van der Waals surface area contributed by atoms with E-state index in [1.54, 1.807) is 31.4 Å². The van der Waals surface area contributed by atoms with E-state index >= 15 is 0 Å². The van der Waals surface area contributed by atoms with Crippen LogP contribution in [0.25, 0.3) is 0 Å². The van der Waals surface area contributed by atoms with Gasteiger partial charge in [0.1, 0.15) is 5.75 Å². The average molecular weight is 228 g/mol. The van der Waals surface area contributed by atoms with Gasteiger partial charge in [-0.2, -0.15) is 0 Å². The van der Waals surface area contributed by atoms with Crippen molar-refractivity contribution in [3.63, 3.8) is 0 Å². The topological polar surface area (TPSA) is 43.4 Å². The van der Waals surface area contributed by atoms with Crippen molar-refractivity contribution in [2.75, 3.05) is 12.9 Å². The minimum Gasteiger partial charge on any atom is -0.497 e. The van der Waals surface area contributed by atoms with Gasteiger partial charge < -0.3 is 4.74 Å². The van der Waals surface area contributed by atoms with Crippen LogP contribution in [-0.2, 0) is 9.84 Å². The van der Waals surface area contributed by atoms with Crippen LogP contribution in [0.15, 0.2) is 29.2 Å². The predicted octanol–water partition coefficient (Wildman–Crippen LogP) is 2.12. The third kappa shape index (κ3) is 3.23. The summed E-state index contributed by atoms with van der Waals surface area (Å²) in [6.07, 6.45) is 0. The van der Waals surface area contributed by atoms with Gasteiger partial charge in [-0.15, -0.1) is 0 Å². The predicted molar refractivity (Wildman–Crippen MR) is 59.9 cm³/mol. The van der Waals surface area contributed by atoms with E-state index in [-0.39, 0.29) is 11.7 Å². The Morgan fingerprint density at radius 3 is 2.13 bits per heavy atom. The highest BCUT2D eigenvalue weighted by atomic mass is 32.2. The molecule has 0 aliphatic heterocycles. The molecule has 0 N–H and O–H groups in total. The van der Waals surface area contributed by atoms with Crippen LogP contribution in [0.3, 0.4) is 0 Å². The Morgan fingerprint density at radius 2 is 1.73 bits per heavy atom. The van der Waals surface area contributed by atoms with E-state index in [0.29, 0.717) is 10.6 Å². The Balaban J connectivity index is 2.96. The largest absolute Gasteiger partial charge is 0.497 e. The van der Waals surface area contributed by atoms with E-state index in [1.807, 2.05) is 13.8 Å². The highest BCUT2D eigenvalue weighted by Crippen LogP contribution is 2.18. The second-order valence-electron chi connectivity index (χ2n) is 3.85. The molecule has 0 aliphatic rings. The van der Waals surface area contributed by atoms with Crippen molar-refractivity contribution in [3.8, 4) is 5.75 Å². The summed E-state index contributed by atoms with van der Waals surface area (Å²) in [6.45, 7) is 3.78. The van der Waals surface area contributed by atoms with Gasteiger partial charge in [0, 0.05) is 0 Å². The molecular formula is C11H16O3S. The molecule has 1 rings (SSSR count). The zero-order valence-corrected chi connectivity index (χ0v) is 10.0. The van der Waals surface area contributed by atoms with Crippen molar-refractivity contribution >= 4 is 9.84 Å². The molecule has 0 radical (unpaired) electrons. The van der Waals surface area contributed by atoms with Gasteiger partial charge in [-0.3, -0.25) is 0 Å². The van der Waals surface area contributed by atoms with E-state index in [2.05, 4.69) is 0 Å². The molecule has 3 nitrogen and oxygen atoms in total. The number of rotatable bonds is 4. The van der Waals surface area contributed by atoms with E-state index in [0.717, 1.165) is 0 Å². The van der Waals surface area contributed by atoms with Crippen molar-refractivity contribution < 1.29 is 13.2 Å². The summed E-state index contributed by atoms with van der Waals surface area (Å²) >= 11 is 0. The molecule has 0 amide bonds. The Bertz CT molecular complexity index is 404. The molecule has 0 bridgehead atoms. The zero-order valence-electron chi connectivity index (χ0n) is 9.23. The maximum absolute atomic E-state index is 11.8. The van der Waals surface area contributed by atoms with Crippen LogP contribution in [0, 0.1) is 5.92 Å². The van der Waals surface area contributed by atoms with Gasteiger partial charge >= 0.3 is 0 Å². The summed E-state index contributed by atoms with van der Waals surface area (Å²) in [5, 5.41) is 0. The number of hydrogen-bond acceptors (Lipinski definition) is 3. The van der Waals surface area contributed by atoms with Crippen molar-refractivity contribution in [1.82, 2.24) is 0 Å². The molecule has 15 heavy (non-hydrogen) atoms. The Hall–Kier alpha value is -1.03. The van der Waals surface area contributed by atoms with E-state index < -0.39 is 9.84 Å². The van der Waals surface area contributed by atoms with Gasteiger partial charge in [-0.25, -0.2) is 8.42 Å². The average Bonchev–Trinajstić information content (AvgIpc) is 2.16. The highest BCUT2D eigenvalue weighted by Gasteiger charge is 2.15. The fraction of sp³-hybridized carbons (Fsp3) is 0.455.